The first kappa shape index (κ1) is 10.4. The van der Waals surface area contributed by atoms with Crippen molar-refractivity contribution in [3.05, 3.63) is 35.4 Å². The van der Waals surface area contributed by atoms with E-state index in [0.29, 0.717) is 18.8 Å². The molecule has 1 aliphatic rings. The molecule has 0 aliphatic heterocycles. The SMILES string of the molecule is COCCC(=O)C1Cc2ccccc2C1. The van der Waals surface area contributed by atoms with Crippen LogP contribution in [0.5, 0.6) is 0 Å². The van der Waals surface area contributed by atoms with Gasteiger partial charge in [-0.2, -0.15) is 0 Å². The molecule has 0 radical (unpaired) electrons. The van der Waals surface area contributed by atoms with Crippen LogP contribution in [-0.4, -0.2) is 19.5 Å². The Kier molecular flexibility index (Phi) is 3.17. The van der Waals surface area contributed by atoms with Gasteiger partial charge in [0.1, 0.15) is 5.78 Å². The van der Waals surface area contributed by atoms with Crippen molar-refractivity contribution in [2.24, 2.45) is 5.92 Å². The summed E-state index contributed by atoms with van der Waals surface area (Å²) in [6.45, 7) is 0.547. The Labute approximate surface area is 90.3 Å². The van der Waals surface area contributed by atoms with E-state index >= 15 is 0 Å². The van der Waals surface area contributed by atoms with Gasteiger partial charge in [-0.15, -0.1) is 0 Å². The molecule has 0 heterocycles. The minimum absolute atomic E-state index is 0.192. The zero-order valence-electron chi connectivity index (χ0n) is 9.03. The Morgan fingerprint density at radius 2 is 1.93 bits per heavy atom. The fourth-order valence-corrected chi connectivity index (χ4v) is 2.19. The summed E-state index contributed by atoms with van der Waals surface area (Å²) in [6.07, 6.45) is 2.38. The summed E-state index contributed by atoms with van der Waals surface area (Å²) in [7, 11) is 1.64. The molecule has 2 rings (SSSR count). The molecule has 2 heteroatoms. The van der Waals surface area contributed by atoms with E-state index in [2.05, 4.69) is 12.1 Å². The third-order valence-electron chi connectivity index (χ3n) is 3.06. The van der Waals surface area contributed by atoms with Gasteiger partial charge in [0.15, 0.2) is 0 Å². The quantitative estimate of drug-likeness (QED) is 0.750. The predicted octanol–water partition coefficient (Wildman–Crippen LogP) is 2.01. The highest BCUT2D eigenvalue weighted by Gasteiger charge is 2.26. The highest BCUT2D eigenvalue weighted by molar-refractivity contribution is 5.82. The molecular formula is C13H16O2. The van der Waals surface area contributed by atoms with Crippen LogP contribution in [0.4, 0.5) is 0 Å². The van der Waals surface area contributed by atoms with E-state index in [9.17, 15) is 4.79 Å². The first-order chi connectivity index (χ1) is 7.31. The van der Waals surface area contributed by atoms with Gasteiger partial charge in [-0.25, -0.2) is 0 Å². The third-order valence-corrected chi connectivity index (χ3v) is 3.06. The molecule has 0 fully saturated rings. The Balaban J connectivity index is 1.98. The number of ketones is 1. The van der Waals surface area contributed by atoms with Crippen LogP contribution in [0.2, 0.25) is 0 Å². The van der Waals surface area contributed by atoms with Gasteiger partial charge < -0.3 is 4.74 Å². The van der Waals surface area contributed by atoms with Crippen LogP contribution in [0, 0.1) is 5.92 Å². The molecule has 0 unspecified atom stereocenters. The zero-order chi connectivity index (χ0) is 10.7. The number of carbonyl (C=O) groups is 1. The molecule has 15 heavy (non-hydrogen) atoms. The van der Waals surface area contributed by atoms with Crippen molar-refractivity contribution in [2.45, 2.75) is 19.3 Å². The van der Waals surface area contributed by atoms with Crippen molar-refractivity contribution in [3.8, 4) is 0 Å². The number of fused-ring (bicyclic) bond motifs is 1. The summed E-state index contributed by atoms with van der Waals surface area (Å²) in [5, 5.41) is 0. The summed E-state index contributed by atoms with van der Waals surface area (Å²) >= 11 is 0. The van der Waals surface area contributed by atoms with E-state index in [1.165, 1.54) is 11.1 Å². The maximum Gasteiger partial charge on any atom is 0.138 e. The van der Waals surface area contributed by atoms with Gasteiger partial charge in [-0.1, -0.05) is 24.3 Å². The number of rotatable bonds is 4. The summed E-state index contributed by atoms with van der Waals surface area (Å²) < 4.78 is 4.93. The Bertz CT molecular complexity index is 332. The van der Waals surface area contributed by atoms with E-state index in [1.807, 2.05) is 12.1 Å². The van der Waals surface area contributed by atoms with E-state index < -0.39 is 0 Å². The van der Waals surface area contributed by atoms with E-state index in [4.69, 9.17) is 4.74 Å². The van der Waals surface area contributed by atoms with Crippen LogP contribution < -0.4 is 0 Å². The lowest BCUT2D eigenvalue weighted by atomic mass is 9.99. The van der Waals surface area contributed by atoms with Gasteiger partial charge in [0, 0.05) is 19.4 Å². The maximum absolute atomic E-state index is 11.8. The van der Waals surface area contributed by atoms with E-state index in [-0.39, 0.29) is 5.92 Å². The number of benzene rings is 1. The Morgan fingerprint density at radius 1 is 1.33 bits per heavy atom. The van der Waals surface area contributed by atoms with Gasteiger partial charge in [0.25, 0.3) is 0 Å². The zero-order valence-corrected chi connectivity index (χ0v) is 9.03. The van der Waals surface area contributed by atoms with Crippen LogP contribution in [0.25, 0.3) is 0 Å². The predicted molar refractivity (Wildman–Crippen MR) is 58.8 cm³/mol. The normalized spacial score (nSPS) is 15.3. The number of Topliss-reactive ketones (excluding diaryl/α,β-unsaturated/α-hetero) is 1. The Hall–Kier alpha value is -1.15. The van der Waals surface area contributed by atoms with Gasteiger partial charge in [-0.05, 0) is 24.0 Å². The van der Waals surface area contributed by atoms with Gasteiger partial charge in [0.05, 0.1) is 6.61 Å². The minimum atomic E-state index is 0.192. The van der Waals surface area contributed by atoms with Crippen LogP contribution in [0.1, 0.15) is 17.5 Å². The lowest BCUT2D eigenvalue weighted by Gasteiger charge is -2.06. The summed E-state index contributed by atoms with van der Waals surface area (Å²) in [5.74, 6) is 0.533. The minimum Gasteiger partial charge on any atom is -0.384 e. The molecule has 0 saturated carbocycles. The van der Waals surface area contributed by atoms with Crippen molar-refractivity contribution in [3.63, 3.8) is 0 Å². The second kappa shape index (κ2) is 4.58. The van der Waals surface area contributed by atoms with Crippen molar-refractivity contribution in [1.82, 2.24) is 0 Å². The number of methoxy groups -OCH3 is 1. The molecule has 0 bridgehead atoms. The van der Waals surface area contributed by atoms with Gasteiger partial charge in [0.2, 0.25) is 0 Å². The fourth-order valence-electron chi connectivity index (χ4n) is 2.19. The monoisotopic (exact) mass is 204 g/mol. The van der Waals surface area contributed by atoms with Crippen LogP contribution >= 0.6 is 0 Å². The molecule has 0 atom stereocenters. The number of ether oxygens (including phenoxy) is 1. The Morgan fingerprint density at radius 3 is 2.47 bits per heavy atom. The van der Waals surface area contributed by atoms with E-state index in [1.54, 1.807) is 7.11 Å². The summed E-state index contributed by atoms with van der Waals surface area (Å²) in [5.41, 5.74) is 2.68. The van der Waals surface area contributed by atoms with Crippen molar-refractivity contribution >= 4 is 5.78 Å². The molecule has 2 nitrogen and oxygen atoms in total. The lowest BCUT2D eigenvalue weighted by Crippen LogP contribution is -2.16. The second-order valence-corrected chi connectivity index (χ2v) is 4.08. The molecular weight excluding hydrogens is 188 g/mol. The first-order valence-corrected chi connectivity index (χ1v) is 5.39. The largest absolute Gasteiger partial charge is 0.384 e. The molecule has 1 aromatic rings. The van der Waals surface area contributed by atoms with Crippen LogP contribution in [-0.2, 0) is 22.4 Å². The molecule has 0 saturated heterocycles. The maximum atomic E-state index is 11.8. The molecule has 0 N–H and O–H groups in total. The first-order valence-electron chi connectivity index (χ1n) is 5.39. The smallest absolute Gasteiger partial charge is 0.138 e. The average molecular weight is 204 g/mol. The number of hydrogen-bond acceptors (Lipinski definition) is 2. The topological polar surface area (TPSA) is 26.3 Å². The molecule has 1 aromatic carbocycles. The van der Waals surface area contributed by atoms with E-state index in [0.717, 1.165) is 12.8 Å². The molecule has 80 valence electrons. The van der Waals surface area contributed by atoms with Gasteiger partial charge >= 0.3 is 0 Å². The van der Waals surface area contributed by atoms with Gasteiger partial charge in [-0.3, -0.25) is 4.79 Å². The average Bonchev–Trinajstić information content (AvgIpc) is 2.69. The standard InChI is InChI=1S/C13H16O2/c1-15-7-6-13(14)12-8-10-4-2-3-5-11(10)9-12/h2-5,12H,6-9H2,1H3. The van der Waals surface area contributed by atoms with Crippen LogP contribution in [0.15, 0.2) is 24.3 Å². The molecule has 0 aromatic heterocycles. The van der Waals surface area contributed by atoms with Crippen molar-refractivity contribution in [2.75, 3.05) is 13.7 Å². The highest BCUT2D eigenvalue weighted by Crippen LogP contribution is 2.27. The molecule has 0 spiro atoms. The second-order valence-electron chi connectivity index (χ2n) is 4.08. The molecule has 0 amide bonds. The van der Waals surface area contributed by atoms with Crippen molar-refractivity contribution in [1.29, 1.82) is 0 Å². The number of carbonyl (C=O) groups excluding carboxylic acids is 1. The molecule has 1 aliphatic carbocycles. The number of hydrogen-bond donors (Lipinski definition) is 0. The highest BCUT2D eigenvalue weighted by atomic mass is 16.5. The summed E-state index contributed by atoms with van der Waals surface area (Å²) in [6, 6.07) is 8.33. The fraction of sp³-hybridized carbons (Fsp3) is 0.462. The lowest BCUT2D eigenvalue weighted by molar-refractivity contribution is -0.123. The van der Waals surface area contributed by atoms with Crippen molar-refractivity contribution < 1.29 is 9.53 Å². The summed E-state index contributed by atoms with van der Waals surface area (Å²) in [4.78, 5) is 11.8. The third kappa shape index (κ3) is 2.26. The van der Waals surface area contributed by atoms with Crippen LogP contribution in [0.3, 0.4) is 0 Å².